The van der Waals surface area contributed by atoms with Gasteiger partial charge in [-0.15, -0.1) is 5.10 Å². The van der Waals surface area contributed by atoms with Gasteiger partial charge < -0.3 is 9.64 Å². The number of hydrogen-bond donors (Lipinski definition) is 0. The molecule has 1 aliphatic heterocycles. The van der Waals surface area contributed by atoms with Crippen LogP contribution >= 0.6 is 0 Å². The number of aryl methyl sites for hydroxylation is 1. The van der Waals surface area contributed by atoms with Crippen molar-refractivity contribution in [2.45, 2.75) is 39.2 Å². The van der Waals surface area contributed by atoms with E-state index in [-0.39, 0.29) is 23.6 Å². The predicted octanol–water partition coefficient (Wildman–Crippen LogP) is 1.71. The summed E-state index contributed by atoms with van der Waals surface area (Å²) in [4.78, 5) is 27.1. The van der Waals surface area contributed by atoms with E-state index in [1.165, 1.54) is 16.8 Å². The van der Waals surface area contributed by atoms with Gasteiger partial charge in [0.05, 0.1) is 12.5 Å². The summed E-state index contributed by atoms with van der Waals surface area (Å²) in [6.45, 7) is 4.69. The highest BCUT2D eigenvalue weighted by atomic mass is 19.1. The Morgan fingerprint density at radius 3 is 2.71 bits per heavy atom. The lowest BCUT2D eigenvalue weighted by atomic mass is 9.96. The molecular formula is C19H24FN5O3. The van der Waals surface area contributed by atoms with E-state index in [2.05, 4.69) is 15.5 Å². The third kappa shape index (κ3) is 4.52. The first-order chi connectivity index (χ1) is 13.5. The molecule has 1 aliphatic rings. The fourth-order valence-corrected chi connectivity index (χ4v) is 3.49. The third-order valence-electron chi connectivity index (χ3n) is 4.93. The number of carbonyl (C=O) groups excluding carboxylic acids is 2. The Morgan fingerprint density at radius 2 is 2.07 bits per heavy atom. The maximum atomic E-state index is 13.3. The molecule has 0 spiro atoms. The Kier molecular flexibility index (Phi) is 6.33. The Labute approximate surface area is 162 Å². The average Bonchev–Trinajstić information content (AvgIpc) is 3.13. The number of rotatable bonds is 6. The lowest BCUT2D eigenvalue weighted by molar-refractivity contribution is -0.151. The Morgan fingerprint density at radius 1 is 1.32 bits per heavy atom. The van der Waals surface area contributed by atoms with Crippen molar-refractivity contribution >= 4 is 11.9 Å². The molecule has 2 aromatic rings. The Hall–Kier alpha value is -2.84. The van der Waals surface area contributed by atoms with Gasteiger partial charge in [0.1, 0.15) is 17.7 Å². The van der Waals surface area contributed by atoms with Gasteiger partial charge in [0.15, 0.2) is 0 Å². The van der Waals surface area contributed by atoms with Gasteiger partial charge in [-0.25, -0.2) is 9.07 Å². The van der Waals surface area contributed by atoms with Crippen LogP contribution in [0.1, 0.15) is 37.2 Å². The van der Waals surface area contributed by atoms with E-state index in [1.807, 2.05) is 0 Å². The normalized spacial score (nSPS) is 18.0. The highest BCUT2D eigenvalue weighted by molar-refractivity contribution is 5.82. The van der Waals surface area contributed by atoms with Crippen molar-refractivity contribution in [3.05, 3.63) is 41.5 Å². The molecule has 1 amide bonds. The lowest BCUT2D eigenvalue weighted by Gasteiger charge is -2.34. The number of hydrogen-bond acceptors (Lipinski definition) is 6. The number of aromatic nitrogens is 4. The number of amides is 1. The SMILES string of the molecule is CCOC(=O)[C@@H]1CCCN(C(=O)[C@H](Cc2ccc(F)cc2)n2nnnc2C)C1. The number of benzene rings is 1. The molecular weight excluding hydrogens is 365 g/mol. The molecule has 2 atom stereocenters. The lowest BCUT2D eigenvalue weighted by Crippen LogP contribution is -2.46. The van der Waals surface area contributed by atoms with E-state index in [0.717, 1.165) is 12.0 Å². The van der Waals surface area contributed by atoms with Crippen molar-refractivity contribution in [2.24, 2.45) is 5.92 Å². The minimum atomic E-state index is -0.665. The van der Waals surface area contributed by atoms with Gasteiger partial charge >= 0.3 is 5.97 Å². The second-order valence-corrected chi connectivity index (χ2v) is 6.89. The summed E-state index contributed by atoms with van der Waals surface area (Å²) in [5.74, 6) is -0.570. The number of nitrogens with zero attached hydrogens (tertiary/aromatic N) is 5. The van der Waals surface area contributed by atoms with E-state index < -0.39 is 6.04 Å². The average molecular weight is 389 g/mol. The largest absolute Gasteiger partial charge is 0.466 e. The second kappa shape index (κ2) is 8.90. The van der Waals surface area contributed by atoms with Crippen LogP contribution in [0.25, 0.3) is 0 Å². The Bertz CT molecular complexity index is 823. The van der Waals surface area contributed by atoms with Crippen molar-refractivity contribution in [1.82, 2.24) is 25.1 Å². The zero-order valence-electron chi connectivity index (χ0n) is 16.0. The number of ether oxygens (including phenoxy) is 1. The molecule has 3 rings (SSSR count). The Balaban J connectivity index is 1.81. The van der Waals surface area contributed by atoms with Crippen molar-refractivity contribution < 1.29 is 18.7 Å². The van der Waals surface area contributed by atoms with Crippen molar-refractivity contribution in [1.29, 1.82) is 0 Å². The van der Waals surface area contributed by atoms with Crippen LogP contribution in [0.4, 0.5) is 4.39 Å². The predicted molar refractivity (Wildman–Crippen MR) is 97.6 cm³/mol. The fourth-order valence-electron chi connectivity index (χ4n) is 3.49. The number of carbonyl (C=O) groups is 2. The van der Waals surface area contributed by atoms with Crippen LogP contribution in [0.3, 0.4) is 0 Å². The van der Waals surface area contributed by atoms with Gasteiger partial charge in [0.2, 0.25) is 5.91 Å². The monoisotopic (exact) mass is 389 g/mol. The number of likely N-dealkylation sites (tertiary alicyclic amines) is 1. The molecule has 0 radical (unpaired) electrons. The standard InChI is InChI=1S/C19H24FN5O3/c1-3-28-19(27)15-5-4-10-24(12-15)18(26)17(25-13(2)21-22-23-25)11-14-6-8-16(20)9-7-14/h6-9,15,17H,3-5,10-12H2,1-2H3/t15-,17+/m1/s1. The quantitative estimate of drug-likeness (QED) is 0.699. The summed E-state index contributed by atoms with van der Waals surface area (Å²) in [6, 6.07) is 5.35. The summed E-state index contributed by atoms with van der Waals surface area (Å²) < 4.78 is 19.8. The highest BCUT2D eigenvalue weighted by Crippen LogP contribution is 2.23. The van der Waals surface area contributed by atoms with E-state index in [9.17, 15) is 14.0 Å². The summed E-state index contributed by atoms with van der Waals surface area (Å²) >= 11 is 0. The zero-order chi connectivity index (χ0) is 20.1. The molecule has 1 aromatic heterocycles. The van der Waals surface area contributed by atoms with Gasteiger partial charge in [0, 0.05) is 19.5 Å². The summed E-state index contributed by atoms with van der Waals surface area (Å²) in [7, 11) is 0. The maximum absolute atomic E-state index is 13.3. The summed E-state index contributed by atoms with van der Waals surface area (Å²) in [6.07, 6.45) is 1.76. The first kappa shape index (κ1) is 19.9. The van der Waals surface area contributed by atoms with E-state index in [1.54, 1.807) is 30.9 Å². The summed E-state index contributed by atoms with van der Waals surface area (Å²) in [5, 5.41) is 11.5. The summed E-state index contributed by atoms with van der Waals surface area (Å²) in [5.41, 5.74) is 0.800. The van der Waals surface area contributed by atoms with E-state index in [4.69, 9.17) is 4.74 Å². The molecule has 0 saturated carbocycles. The van der Waals surface area contributed by atoms with Gasteiger partial charge in [-0.1, -0.05) is 12.1 Å². The second-order valence-electron chi connectivity index (χ2n) is 6.89. The molecule has 2 heterocycles. The third-order valence-corrected chi connectivity index (χ3v) is 4.93. The number of halogens is 1. The van der Waals surface area contributed by atoms with Gasteiger partial charge in [-0.2, -0.15) is 0 Å². The highest BCUT2D eigenvalue weighted by Gasteiger charge is 2.34. The van der Waals surface area contributed by atoms with Gasteiger partial charge in [-0.05, 0) is 54.8 Å². The number of tetrazole rings is 1. The smallest absolute Gasteiger partial charge is 0.310 e. The number of esters is 1. The van der Waals surface area contributed by atoms with Crippen molar-refractivity contribution in [3.63, 3.8) is 0 Å². The van der Waals surface area contributed by atoms with Crippen LogP contribution in [0.2, 0.25) is 0 Å². The van der Waals surface area contributed by atoms with Crippen LogP contribution in [-0.4, -0.2) is 56.7 Å². The van der Waals surface area contributed by atoms with Crippen molar-refractivity contribution in [3.8, 4) is 0 Å². The zero-order valence-corrected chi connectivity index (χ0v) is 16.0. The van der Waals surface area contributed by atoms with Crippen molar-refractivity contribution in [2.75, 3.05) is 19.7 Å². The van der Waals surface area contributed by atoms with Gasteiger partial charge in [-0.3, -0.25) is 9.59 Å². The van der Waals surface area contributed by atoms with Crippen LogP contribution in [-0.2, 0) is 20.7 Å². The fraction of sp³-hybridized carbons (Fsp3) is 0.526. The molecule has 8 nitrogen and oxygen atoms in total. The minimum absolute atomic E-state index is 0.159. The molecule has 0 bridgehead atoms. The molecule has 0 aliphatic carbocycles. The van der Waals surface area contributed by atoms with E-state index >= 15 is 0 Å². The number of piperidine rings is 1. The van der Waals surface area contributed by atoms with Gasteiger partial charge in [0.25, 0.3) is 0 Å². The molecule has 1 aromatic carbocycles. The first-order valence-electron chi connectivity index (χ1n) is 9.44. The molecule has 1 saturated heterocycles. The molecule has 0 unspecified atom stereocenters. The van der Waals surface area contributed by atoms with Crippen LogP contribution < -0.4 is 0 Å². The maximum Gasteiger partial charge on any atom is 0.310 e. The molecule has 28 heavy (non-hydrogen) atoms. The first-order valence-corrected chi connectivity index (χ1v) is 9.44. The van der Waals surface area contributed by atoms with Crippen LogP contribution in [0, 0.1) is 18.7 Å². The van der Waals surface area contributed by atoms with E-state index in [0.29, 0.717) is 38.4 Å². The molecule has 9 heteroatoms. The van der Waals surface area contributed by atoms with Crippen LogP contribution in [0.15, 0.2) is 24.3 Å². The molecule has 0 N–H and O–H groups in total. The van der Waals surface area contributed by atoms with Crippen LogP contribution in [0.5, 0.6) is 0 Å². The minimum Gasteiger partial charge on any atom is -0.466 e. The molecule has 1 fully saturated rings. The molecule has 150 valence electrons. The topological polar surface area (TPSA) is 90.2 Å².